The van der Waals surface area contributed by atoms with E-state index in [1.807, 2.05) is 38.1 Å². The first-order valence-corrected chi connectivity index (χ1v) is 7.16. The van der Waals surface area contributed by atoms with Crippen LogP contribution in [0.25, 0.3) is 0 Å². The lowest BCUT2D eigenvalue weighted by atomic mass is 9.95. The fraction of sp³-hybridized carbons (Fsp3) is 0.562. The summed E-state index contributed by atoms with van der Waals surface area (Å²) in [6.07, 6.45) is 2.28. The highest BCUT2D eigenvalue weighted by atomic mass is 16.5. The summed E-state index contributed by atoms with van der Waals surface area (Å²) in [5.41, 5.74) is 0.374. The average molecular weight is 279 g/mol. The number of carbonyl (C=O) groups is 1. The number of unbranched alkanes of at least 4 members (excludes halogenated alkanes) is 1. The summed E-state index contributed by atoms with van der Waals surface area (Å²) in [5, 5.41) is 12.3. The molecular weight excluding hydrogens is 254 g/mol. The first-order chi connectivity index (χ1) is 9.48. The third kappa shape index (κ3) is 5.21. The first-order valence-electron chi connectivity index (χ1n) is 7.16. The maximum Gasteiger partial charge on any atom is 0.323 e. The molecule has 4 nitrogen and oxygen atoms in total. The smallest absolute Gasteiger partial charge is 0.323 e. The van der Waals surface area contributed by atoms with Crippen molar-refractivity contribution in [3.05, 3.63) is 29.8 Å². The molecule has 1 unspecified atom stereocenters. The molecule has 20 heavy (non-hydrogen) atoms. The van der Waals surface area contributed by atoms with E-state index in [1.54, 1.807) is 6.92 Å². The van der Waals surface area contributed by atoms with Crippen molar-refractivity contribution in [1.82, 2.24) is 5.32 Å². The van der Waals surface area contributed by atoms with Crippen molar-refractivity contribution < 1.29 is 14.6 Å². The normalized spacial score (nSPS) is 13.8. The second kappa shape index (κ2) is 7.90. The molecule has 0 heterocycles. The molecule has 0 amide bonds. The fourth-order valence-corrected chi connectivity index (χ4v) is 2.07. The Balaban J connectivity index is 2.27. The molecule has 1 aromatic carbocycles. The number of benzene rings is 1. The number of carboxylic acids is 1. The lowest BCUT2D eigenvalue weighted by Gasteiger charge is -2.25. The highest BCUT2D eigenvalue weighted by Gasteiger charge is 2.30. The van der Waals surface area contributed by atoms with Crippen LogP contribution in [-0.2, 0) is 4.79 Å². The molecule has 1 rings (SSSR count). The summed E-state index contributed by atoms with van der Waals surface area (Å²) in [4.78, 5) is 11.2. The molecule has 0 saturated carbocycles. The third-order valence-electron chi connectivity index (χ3n) is 3.40. The van der Waals surface area contributed by atoms with E-state index in [-0.39, 0.29) is 0 Å². The Labute approximate surface area is 121 Å². The number of carboxylic acid groups (broad SMARTS) is 1. The zero-order valence-corrected chi connectivity index (χ0v) is 12.6. The molecule has 0 bridgehead atoms. The van der Waals surface area contributed by atoms with Crippen molar-refractivity contribution in [3.63, 3.8) is 0 Å². The van der Waals surface area contributed by atoms with Crippen molar-refractivity contribution in [2.75, 3.05) is 13.2 Å². The van der Waals surface area contributed by atoms with Crippen molar-refractivity contribution in [2.24, 2.45) is 0 Å². The van der Waals surface area contributed by atoms with Crippen LogP contribution >= 0.6 is 0 Å². The van der Waals surface area contributed by atoms with Crippen LogP contribution in [0.1, 0.15) is 38.7 Å². The van der Waals surface area contributed by atoms with E-state index in [0.717, 1.165) is 18.6 Å². The molecule has 0 aliphatic rings. The molecule has 0 radical (unpaired) electrons. The minimum Gasteiger partial charge on any atom is -0.494 e. The second-order valence-electron chi connectivity index (χ2n) is 5.29. The Morgan fingerprint density at radius 1 is 1.30 bits per heavy atom. The van der Waals surface area contributed by atoms with E-state index in [2.05, 4.69) is 5.32 Å². The fourth-order valence-electron chi connectivity index (χ4n) is 2.07. The Morgan fingerprint density at radius 3 is 2.50 bits per heavy atom. The minimum absolute atomic E-state index is 0.605. The highest BCUT2D eigenvalue weighted by Crippen LogP contribution is 2.16. The van der Waals surface area contributed by atoms with Gasteiger partial charge in [-0.1, -0.05) is 24.6 Å². The van der Waals surface area contributed by atoms with Gasteiger partial charge in [-0.05, 0) is 51.8 Å². The summed E-state index contributed by atoms with van der Waals surface area (Å²) in [6.45, 7) is 6.96. The van der Waals surface area contributed by atoms with Crippen molar-refractivity contribution in [3.8, 4) is 5.75 Å². The third-order valence-corrected chi connectivity index (χ3v) is 3.40. The van der Waals surface area contributed by atoms with Gasteiger partial charge in [0.1, 0.15) is 11.3 Å². The Kier molecular flexibility index (Phi) is 6.52. The predicted molar refractivity (Wildman–Crippen MR) is 80.2 cm³/mol. The van der Waals surface area contributed by atoms with Gasteiger partial charge in [0.2, 0.25) is 0 Å². The number of hydrogen-bond donors (Lipinski definition) is 2. The van der Waals surface area contributed by atoms with E-state index in [1.165, 1.54) is 5.56 Å². The highest BCUT2D eigenvalue weighted by molar-refractivity contribution is 5.78. The number of rotatable bonds is 9. The lowest BCUT2D eigenvalue weighted by molar-refractivity contribution is -0.144. The molecular formula is C16H25NO3. The standard InChI is InChI=1S/C16H25NO3/c1-4-17-16(3,15(18)19)11-5-6-12-20-14-9-7-13(2)8-10-14/h7-10,17H,4-6,11-12H2,1-3H3,(H,18,19). The van der Waals surface area contributed by atoms with Crippen LogP contribution in [0, 0.1) is 6.92 Å². The summed E-state index contributed by atoms with van der Waals surface area (Å²) in [6, 6.07) is 7.94. The van der Waals surface area contributed by atoms with Crippen LogP contribution in [-0.4, -0.2) is 29.8 Å². The summed E-state index contributed by atoms with van der Waals surface area (Å²) >= 11 is 0. The Morgan fingerprint density at radius 2 is 1.95 bits per heavy atom. The van der Waals surface area contributed by atoms with Gasteiger partial charge in [0, 0.05) is 0 Å². The molecule has 0 saturated heterocycles. The zero-order valence-electron chi connectivity index (χ0n) is 12.6. The molecule has 1 aromatic rings. The van der Waals surface area contributed by atoms with E-state index in [4.69, 9.17) is 4.74 Å². The SMILES string of the molecule is CCNC(C)(CCCCOc1ccc(C)cc1)C(=O)O. The maximum atomic E-state index is 11.2. The van der Waals surface area contributed by atoms with Crippen LogP contribution in [0.4, 0.5) is 0 Å². The van der Waals surface area contributed by atoms with Crippen molar-refractivity contribution >= 4 is 5.97 Å². The largest absolute Gasteiger partial charge is 0.494 e. The van der Waals surface area contributed by atoms with Crippen LogP contribution < -0.4 is 10.1 Å². The first kappa shape index (κ1) is 16.5. The molecule has 2 N–H and O–H groups in total. The van der Waals surface area contributed by atoms with Gasteiger partial charge in [0.15, 0.2) is 0 Å². The van der Waals surface area contributed by atoms with Crippen LogP contribution in [0.15, 0.2) is 24.3 Å². The number of aliphatic carboxylic acids is 1. The van der Waals surface area contributed by atoms with Gasteiger partial charge in [-0.15, -0.1) is 0 Å². The molecule has 0 aromatic heterocycles. The number of hydrogen-bond acceptors (Lipinski definition) is 3. The lowest BCUT2D eigenvalue weighted by Crippen LogP contribution is -2.49. The van der Waals surface area contributed by atoms with Gasteiger partial charge in [0.05, 0.1) is 6.61 Å². The van der Waals surface area contributed by atoms with E-state index >= 15 is 0 Å². The van der Waals surface area contributed by atoms with Gasteiger partial charge >= 0.3 is 5.97 Å². The van der Waals surface area contributed by atoms with Crippen molar-refractivity contribution in [1.29, 1.82) is 0 Å². The summed E-state index contributed by atoms with van der Waals surface area (Å²) in [7, 11) is 0. The number of ether oxygens (including phenoxy) is 1. The van der Waals surface area contributed by atoms with Crippen LogP contribution in [0.2, 0.25) is 0 Å². The summed E-state index contributed by atoms with van der Waals surface area (Å²) < 4.78 is 5.63. The predicted octanol–water partition coefficient (Wildman–Crippen LogP) is 3.00. The summed E-state index contributed by atoms with van der Waals surface area (Å²) in [5.74, 6) is 0.0714. The molecule has 0 fully saturated rings. The van der Waals surface area contributed by atoms with Crippen molar-refractivity contribution in [2.45, 2.75) is 45.6 Å². The average Bonchev–Trinajstić information content (AvgIpc) is 2.40. The Bertz CT molecular complexity index is 416. The van der Waals surface area contributed by atoms with E-state index < -0.39 is 11.5 Å². The van der Waals surface area contributed by atoms with Gasteiger partial charge in [-0.25, -0.2) is 0 Å². The monoisotopic (exact) mass is 279 g/mol. The topological polar surface area (TPSA) is 58.6 Å². The van der Waals surface area contributed by atoms with E-state index in [9.17, 15) is 9.90 Å². The quantitative estimate of drug-likeness (QED) is 0.682. The van der Waals surface area contributed by atoms with Gasteiger partial charge in [0.25, 0.3) is 0 Å². The molecule has 0 spiro atoms. The van der Waals surface area contributed by atoms with Crippen LogP contribution in [0.3, 0.4) is 0 Å². The van der Waals surface area contributed by atoms with E-state index in [0.29, 0.717) is 19.6 Å². The van der Waals surface area contributed by atoms with Gasteiger partial charge < -0.3 is 15.2 Å². The van der Waals surface area contributed by atoms with Gasteiger partial charge in [-0.3, -0.25) is 4.79 Å². The minimum atomic E-state index is -0.835. The Hall–Kier alpha value is -1.55. The number of aryl methyl sites for hydroxylation is 1. The molecule has 1 atom stereocenters. The second-order valence-corrected chi connectivity index (χ2v) is 5.29. The molecule has 0 aliphatic carbocycles. The number of likely N-dealkylation sites (N-methyl/N-ethyl adjacent to an activating group) is 1. The maximum absolute atomic E-state index is 11.2. The molecule has 112 valence electrons. The molecule has 0 aliphatic heterocycles. The number of nitrogens with one attached hydrogen (secondary N) is 1. The molecule has 4 heteroatoms. The zero-order chi connectivity index (χ0) is 15.0. The van der Waals surface area contributed by atoms with Gasteiger partial charge in [-0.2, -0.15) is 0 Å². The van der Waals surface area contributed by atoms with Crippen LogP contribution in [0.5, 0.6) is 5.75 Å².